The van der Waals surface area contributed by atoms with Gasteiger partial charge < -0.3 is 16.4 Å². The molecular formula is C11H14F3N5O. The molecule has 6 nitrogen and oxygen atoms in total. The lowest BCUT2D eigenvalue weighted by Crippen LogP contribution is -2.41. The quantitative estimate of drug-likeness (QED) is 0.838. The van der Waals surface area contributed by atoms with Gasteiger partial charge in [-0.25, -0.2) is 4.98 Å². The number of aromatic nitrogens is 2. The summed E-state index contributed by atoms with van der Waals surface area (Å²) in [4.78, 5) is 19.7. The van der Waals surface area contributed by atoms with Crippen LogP contribution in [0.4, 0.5) is 24.9 Å². The smallest absolute Gasteiger partial charge is 0.369 e. The van der Waals surface area contributed by atoms with Gasteiger partial charge in [0.05, 0.1) is 5.92 Å². The fourth-order valence-electron chi connectivity index (χ4n) is 2.18. The fraction of sp³-hybridized carbons (Fsp3) is 0.545. The molecule has 1 saturated heterocycles. The van der Waals surface area contributed by atoms with Crippen LogP contribution in [0.2, 0.25) is 0 Å². The van der Waals surface area contributed by atoms with Crippen molar-refractivity contribution in [1.82, 2.24) is 9.97 Å². The minimum absolute atomic E-state index is 0.0655. The van der Waals surface area contributed by atoms with E-state index in [1.165, 1.54) is 0 Å². The van der Waals surface area contributed by atoms with E-state index in [4.69, 9.17) is 11.5 Å². The Morgan fingerprint density at radius 2 is 2.10 bits per heavy atom. The molecular weight excluding hydrogens is 275 g/mol. The van der Waals surface area contributed by atoms with E-state index in [0.717, 1.165) is 6.07 Å². The highest BCUT2D eigenvalue weighted by atomic mass is 19.4. The van der Waals surface area contributed by atoms with Crippen LogP contribution in [0.15, 0.2) is 6.07 Å². The number of nitrogens with two attached hydrogens (primary N) is 2. The molecule has 1 fully saturated rings. The van der Waals surface area contributed by atoms with Crippen molar-refractivity contribution >= 4 is 17.7 Å². The maximum Gasteiger partial charge on any atom is 0.433 e. The standard InChI is InChI=1S/C11H14F3N5O/c12-11(13,14)7-4-8(18-10(16)17-7)19-3-1-2-6(5-19)9(15)20/h4,6H,1-3,5H2,(H2,15,20)(H2,16,17,18). The Balaban J connectivity index is 2.28. The average molecular weight is 289 g/mol. The topological polar surface area (TPSA) is 98.1 Å². The van der Waals surface area contributed by atoms with Gasteiger partial charge in [0.25, 0.3) is 0 Å². The number of primary amides is 1. The lowest BCUT2D eigenvalue weighted by molar-refractivity contribution is -0.141. The minimum Gasteiger partial charge on any atom is -0.369 e. The van der Waals surface area contributed by atoms with E-state index in [1.807, 2.05) is 0 Å². The first kappa shape index (κ1) is 14.4. The minimum atomic E-state index is -4.59. The fourth-order valence-corrected chi connectivity index (χ4v) is 2.18. The number of carbonyl (C=O) groups is 1. The maximum atomic E-state index is 12.7. The second kappa shape index (κ2) is 5.14. The summed E-state index contributed by atoms with van der Waals surface area (Å²) in [6.45, 7) is 0.737. The van der Waals surface area contributed by atoms with Gasteiger partial charge in [0.1, 0.15) is 5.82 Å². The highest BCUT2D eigenvalue weighted by Crippen LogP contribution is 2.31. The van der Waals surface area contributed by atoms with Crippen molar-refractivity contribution in [3.8, 4) is 0 Å². The van der Waals surface area contributed by atoms with Crippen LogP contribution in [0.25, 0.3) is 0 Å². The first-order valence-electron chi connectivity index (χ1n) is 6.03. The Hall–Kier alpha value is -2.06. The lowest BCUT2D eigenvalue weighted by Gasteiger charge is -2.32. The number of amides is 1. The van der Waals surface area contributed by atoms with Crippen molar-refractivity contribution in [3.05, 3.63) is 11.8 Å². The highest BCUT2D eigenvalue weighted by Gasteiger charge is 2.34. The van der Waals surface area contributed by atoms with Crippen LogP contribution >= 0.6 is 0 Å². The van der Waals surface area contributed by atoms with E-state index in [1.54, 1.807) is 4.90 Å². The molecule has 1 amide bonds. The number of halogens is 3. The van der Waals surface area contributed by atoms with Crippen molar-refractivity contribution in [2.45, 2.75) is 19.0 Å². The summed E-state index contributed by atoms with van der Waals surface area (Å²) in [6, 6.07) is 0.833. The van der Waals surface area contributed by atoms with Crippen LogP contribution in [-0.4, -0.2) is 29.0 Å². The van der Waals surface area contributed by atoms with E-state index < -0.39 is 29.6 Å². The number of piperidine rings is 1. The number of anilines is 2. The van der Waals surface area contributed by atoms with Crippen molar-refractivity contribution in [1.29, 1.82) is 0 Å². The predicted octanol–water partition coefficient (Wildman–Crippen LogP) is 0.779. The molecule has 0 radical (unpaired) electrons. The first-order valence-corrected chi connectivity index (χ1v) is 6.03. The first-order chi connectivity index (χ1) is 9.27. The number of hydrogen-bond acceptors (Lipinski definition) is 5. The van der Waals surface area contributed by atoms with Crippen LogP contribution in [0.1, 0.15) is 18.5 Å². The molecule has 1 aliphatic heterocycles. The molecule has 0 aromatic carbocycles. The zero-order valence-corrected chi connectivity index (χ0v) is 10.5. The lowest BCUT2D eigenvalue weighted by atomic mass is 9.97. The number of hydrogen-bond donors (Lipinski definition) is 2. The maximum absolute atomic E-state index is 12.7. The van der Waals surface area contributed by atoms with Gasteiger partial charge in [-0.2, -0.15) is 18.2 Å². The summed E-state index contributed by atoms with van der Waals surface area (Å²) >= 11 is 0. The Morgan fingerprint density at radius 3 is 2.70 bits per heavy atom. The monoisotopic (exact) mass is 289 g/mol. The van der Waals surface area contributed by atoms with E-state index in [-0.39, 0.29) is 12.4 Å². The number of rotatable bonds is 2. The molecule has 0 spiro atoms. The third-order valence-corrected chi connectivity index (χ3v) is 3.17. The van der Waals surface area contributed by atoms with Gasteiger partial charge in [-0.3, -0.25) is 4.79 Å². The zero-order valence-electron chi connectivity index (χ0n) is 10.5. The van der Waals surface area contributed by atoms with E-state index in [9.17, 15) is 18.0 Å². The van der Waals surface area contributed by atoms with Gasteiger partial charge in [0.15, 0.2) is 5.69 Å². The molecule has 2 rings (SSSR count). The average Bonchev–Trinajstić information content (AvgIpc) is 2.37. The largest absolute Gasteiger partial charge is 0.433 e. The molecule has 20 heavy (non-hydrogen) atoms. The van der Waals surface area contributed by atoms with Crippen LogP contribution < -0.4 is 16.4 Å². The molecule has 0 aliphatic carbocycles. The van der Waals surface area contributed by atoms with Crippen molar-refractivity contribution < 1.29 is 18.0 Å². The Bertz CT molecular complexity index is 519. The van der Waals surface area contributed by atoms with Crippen LogP contribution in [0.3, 0.4) is 0 Å². The van der Waals surface area contributed by atoms with Gasteiger partial charge in [-0.1, -0.05) is 0 Å². The van der Waals surface area contributed by atoms with Crippen LogP contribution in [0.5, 0.6) is 0 Å². The summed E-state index contributed by atoms with van der Waals surface area (Å²) in [6.07, 6.45) is -3.32. The summed E-state index contributed by atoms with van der Waals surface area (Å²) in [7, 11) is 0. The van der Waals surface area contributed by atoms with Crippen LogP contribution in [0, 0.1) is 5.92 Å². The Kier molecular flexibility index (Phi) is 3.69. The van der Waals surface area contributed by atoms with Gasteiger partial charge >= 0.3 is 6.18 Å². The third kappa shape index (κ3) is 3.09. The molecule has 1 atom stereocenters. The number of nitrogen functional groups attached to an aromatic ring is 1. The normalized spacial score (nSPS) is 19.9. The van der Waals surface area contributed by atoms with Crippen molar-refractivity contribution in [2.24, 2.45) is 11.7 Å². The van der Waals surface area contributed by atoms with E-state index in [2.05, 4.69) is 9.97 Å². The van der Waals surface area contributed by atoms with Gasteiger partial charge in [-0.05, 0) is 12.8 Å². The Labute approximate surface area is 113 Å². The van der Waals surface area contributed by atoms with E-state index in [0.29, 0.717) is 19.4 Å². The predicted molar refractivity (Wildman–Crippen MR) is 65.6 cm³/mol. The summed E-state index contributed by atoms with van der Waals surface area (Å²) < 4.78 is 38.0. The summed E-state index contributed by atoms with van der Waals surface area (Å²) in [5, 5.41) is 0. The molecule has 2 heterocycles. The van der Waals surface area contributed by atoms with Crippen molar-refractivity contribution in [2.75, 3.05) is 23.7 Å². The molecule has 0 saturated carbocycles. The molecule has 0 bridgehead atoms. The number of nitrogens with zero attached hydrogens (tertiary/aromatic N) is 3. The number of alkyl halides is 3. The highest BCUT2D eigenvalue weighted by molar-refractivity contribution is 5.77. The van der Waals surface area contributed by atoms with Crippen molar-refractivity contribution in [3.63, 3.8) is 0 Å². The molecule has 1 aromatic rings. The summed E-state index contributed by atoms with van der Waals surface area (Å²) in [5.74, 6) is -1.24. The van der Waals surface area contributed by atoms with Gasteiger partial charge in [0, 0.05) is 19.2 Å². The number of carbonyl (C=O) groups excluding carboxylic acids is 1. The van der Waals surface area contributed by atoms with E-state index >= 15 is 0 Å². The molecule has 1 unspecified atom stereocenters. The molecule has 110 valence electrons. The van der Waals surface area contributed by atoms with Gasteiger partial charge in [0.2, 0.25) is 11.9 Å². The molecule has 1 aliphatic rings. The molecule has 1 aromatic heterocycles. The van der Waals surface area contributed by atoms with Gasteiger partial charge in [-0.15, -0.1) is 0 Å². The Morgan fingerprint density at radius 1 is 1.40 bits per heavy atom. The van der Waals surface area contributed by atoms with Crippen LogP contribution in [-0.2, 0) is 11.0 Å². The molecule has 4 N–H and O–H groups in total. The SMILES string of the molecule is NC(=O)C1CCCN(c2cc(C(F)(F)F)nc(N)n2)C1. The second-order valence-electron chi connectivity index (χ2n) is 4.65. The zero-order chi connectivity index (χ0) is 14.9. The third-order valence-electron chi connectivity index (χ3n) is 3.17. The summed E-state index contributed by atoms with van der Waals surface area (Å²) in [5.41, 5.74) is 9.45. The molecule has 9 heteroatoms. The second-order valence-corrected chi connectivity index (χ2v) is 4.65.